The standard InChI is InChI=1S/C76H148O17P2/c1-6-10-13-16-18-19-20-21-22-23-24-25-26-30-33-36-39-42-46-50-55-60-74(79)87-66-72(93-76(81)62-57-52-47-43-40-37-34-31-28-27-29-32-35-38-41-45-49-53-58-69(5)9-4)68-91-95(84,85)89-64-70(77)63-88-94(82,83)90-67-71(65-86-73(78)59-54-48-15-12-8-3)92-75(80)61-56-51-44-17-14-11-7-2/h69-72,77H,6-68H2,1-5H3,(H,82,83)(H,84,85)/t69?,70-,71+,72+/m0/s1. The topological polar surface area (TPSA) is 237 Å². The number of ether oxygens (including phenoxy) is 4. The van der Waals surface area contributed by atoms with Gasteiger partial charge in [0.25, 0.3) is 0 Å². The molecule has 564 valence electrons. The van der Waals surface area contributed by atoms with Gasteiger partial charge in [0.15, 0.2) is 12.2 Å². The number of aliphatic hydroxyl groups excluding tert-OH is 1. The molecule has 95 heavy (non-hydrogen) atoms. The fraction of sp³-hybridized carbons (Fsp3) is 0.947. The van der Waals surface area contributed by atoms with E-state index < -0.39 is 97.5 Å². The molecule has 0 aliphatic heterocycles. The number of hydrogen-bond donors (Lipinski definition) is 3. The van der Waals surface area contributed by atoms with Crippen molar-refractivity contribution in [2.45, 2.75) is 419 Å². The van der Waals surface area contributed by atoms with Crippen molar-refractivity contribution in [2.75, 3.05) is 39.6 Å². The lowest BCUT2D eigenvalue weighted by Gasteiger charge is -2.21. The van der Waals surface area contributed by atoms with Crippen LogP contribution < -0.4 is 0 Å². The van der Waals surface area contributed by atoms with Gasteiger partial charge in [-0.05, 0) is 31.6 Å². The molecule has 0 aliphatic rings. The first-order valence-corrected chi connectivity index (χ1v) is 42.7. The Bertz CT molecular complexity index is 1820. The van der Waals surface area contributed by atoms with E-state index in [0.29, 0.717) is 25.7 Å². The molecule has 0 fully saturated rings. The van der Waals surface area contributed by atoms with Crippen LogP contribution in [-0.4, -0.2) is 96.7 Å². The molecule has 0 aliphatic carbocycles. The SMILES string of the molecule is CCCCCCCCCCCCCCCCCCCCCCCC(=O)OC[C@H](COP(=O)(O)OC[C@@H](O)COP(=O)(O)OC[C@@H](COC(=O)CCCCCCC)OC(=O)CCCCCCCCC)OC(=O)CCCCCCCCCCCCCCCCCCCCC(C)CC. The number of phosphoric ester groups is 2. The van der Waals surface area contributed by atoms with Gasteiger partial charge in [0.1, 0.15) is 19.3 Å². The summed E-state index contributed by atoms with van der Waals surface area (Å²) < 4.78 is 68.1. The molecule has 0 rings (SSSR count). The molecule has 0 amide bonds. The summed E-state index contributed by atoms with van der Waals surface area (Å²) in [6, 6.07) is 0. The van der Waals surface area contributed by atoms with Gasteiger partial charge in [-0.15, -0.1) is 0 Å². The number of unbranched alkanes of at least 4 members (excludes halogenated alkanes) is 47. The summed E-state index contributed by atoms with van der Waals surface area (Å²) in [5, 5.41) is 10.6. The fourth-order valence-electron chi connectivity index (χ4n) is 11.7. The summed E-state index contributed by atoms with van der Waals surface area (Å²) in [6.07, 6.45) is 59.2. The predicted octanol–water partition coefficient (Wildman–Crippen LogP) is 22.5. The normalized spacial score (nSPS) is 14.2. The minimum absolute atomic E-state index is 0.103. The quantitative estimate of drug-likeness (QED) is 0.0222. The molecule has 0 aromatic heterocycles. The predicted molar refractivity (Wildman–Crippen MR) is 386 cm³/mol. The van der Waals surface area contributed by atoms with Crippen molar-refractivity contribution in [3.8, 4) is 0 Å². The molecule has 0 aromatic carbocycles. The monoisotopic (exact) mass is 1400 g/mol. The molecule has 3 N–H and O–H groups in total. The van der Waals surface area contributed by atoms with Crippen molar-refractivity contribution in [3.05, 3.63) is 0 Å². The van der Waals surface area contributed by atoms with Crippen LogP contribution in [0, 0.1) is 5.92 Å². The molecule has 0 bridgehead atoms. The van der Waals surface area contributed by atoms with E-state index in [1.807, 2.05) is 0 Å². The maximum atomic E-state index is 13.1. The largest absolute Gasteiger partial charge is 0.472 e. The van der Waals surface area contributed by atoms with Gasteiger partial charge in [-0.25, -0.2) is 9.13 Å². The van der Waals surface area contributed by atoms with Gasteiger partial charge in [-0.3, -0.25) is 37.3 Å². The summed E-state index contributed by atoms with van der Waals surface area (Å²) in [6.45, 7) is 7.21. The van der Waals surface area contributed by atoms with Gasteiger partial charge in [0.05, 0.1) is 26.4 Å². The van der Waals surface area contributed by atoms with Crippen LogP contribution in [0.3, 0.4) is 0 Å². The van der Waals surface area contributed by atoms with Crippen molar-refractivity contribution in [3.63, 3.8) is 0 Å². The number of carbonyl (C=O) groups excluding carboxylic acids is 4. The van der Waals surface area contributed by atoms with Crippen molar-refractivity contribution in [1.82, 2.24) is 0 Å². The molecular formula is C76H148O17P2. The van der Waals surface area contributed by atoms with Crippen LogP contribution in [0.25, 0.3) is 0 Å². The molecule has 6 atom stereocenters. The van der Waals surface area contributed by atoms with Crippen LogP contribution in [0.15, 0.2) is 0 Å². The molecule has 17 nitrogen and oxygen atoms in total. The van der Waals surface area contributed by atoms with Crippen molar-refractivity contribution in [2.24, 2.45) is 5.92 Å². The van der Waals surface area contributed by atoms with Crippen LogP contribution in [-0.2, 0) is 65.4 Å². The van der Waals surface area contributed by atoms with E-state index in [9.17, 15) is 43.2 Å². The Morgan fingerprint density at radius 3 is 0.747 bits per heavy atom. The number of phosphoric acid groups is 2. The molecule has 0 saturated heterocycles. The van der Waals surface area contributed by atoms with Gasteiger partial charge in [-0.1, -0.05) is 349 Å². The third-order valence-electron chi connectivity index (χ3n) is 18.1. The Morgan fingerprint density at radius 2 is 0.505 bits per heavy atom. The number of hydrogen-bond acceptors (Lipinski definition) is 15. The maximum absolute atomic E-state index is 13.1. The van der Waals surface area contributed by atoms with E-state index in [0.717, 1.165) is 115 Å². The number of carbonyl (C=O) groups is 4. The molecule has 3 unspecified atom stereocenters. The van der Waals surface area contributed by atoms with Gasteiger partial charge >= 0.3 is 39.5 Å². The molecule has 0 saturated carbocycles. The summed E-state index contributed by atoms with van der Waals surface area (Å²) >= 11 is 0. The van der Waals surface area contributed by atoms with Crippen LogP contribution in [0.2, 0.25) is 0 Å². The van der Waals surface area contributed by atoms with Gasteiger partial charge in [0, 0.05) is 25.7 Å². The van der Waals surface area contributed by atoms with E-state index in [2.05, 4.69) is 34.6 Å². The van der Waals surface area contributed by atoms with E-state index in [4.69, 9.17) is 37.0 Å². The van der Waals surface area contributed by atoms with E-state index in [-0.39, 0.29) is 25.7 Å². The van der Waals surface area contributed by atoms with Crippen LogP contribution in [0.4, 0.5) is 0 Å². The smallest absolute Gasteiger partial charge is 0.462 e. The highest BCUT2D eigenvalue weighted by Crippen LogP contribution is 2.45. The number of esters is 4. The van der Waals surface area contributed by atoms with Crippen LogP contribution in [0.1, 0.15) is 401 Å². The van der Waals surface area contributed by atoms with Crippen molar-refractivity contribution >= 4 is 39.5 Å². The van der Waals surface area contributed by atoms with Crippen molar-refractivity contribution < 1.29 is 80.2 Å². The molecule has 0 heterocycles. The summed E-state index contributed by atoms with van der Waals surface area (Å²) in [5.74, 6) is -1.26. The molecule has 0 radical (unpaired) electrons. The number of rotatable bonds is 76. The maximum Gasteiger partial charge on any atom is 0.472 e. The Labute approximate surface area is 581 Å². The molecule has 0 aromatic rings. The Kier molecular flexibility index (Phi) is 67.7. The zero-order valence-electron chi connectivity index (χ0n) is 61.8. The highest BCUT2D eigenvalue weighted by atomic mass is 31.2. The van der Waals surface area contributed by atoms with Gasteiger partial charge in [-0.2, -0.15) is 0 Å². The molecule has 19 heteroatoms. The highest BCUT2D eigenvalue weighted by molar-refractivity contribution is 7.47. The minimum atomic E-state index is -4.95. The van der Waals surface area contributed by atoms with Gasteiger partial charge in [0.2, 0.25) is 0 Å². The summed E-state index contributed by atoms with van der Waals surface area (Å²) in [7, 11) is -9.89. The average molecular weight is 1400 g/mol. The van der Waals surface area contributed by atoms with E-state index in [1.54, 1.807) is 0 Å². The zero-order chi connectivity index (χ0) is 69.8. The van der Waals surface area contributed by atoms with Crippen LogP contribution in [0.5, 0.6) is 0 Å². The fourth-order valence-corrected chi connectivity index (χ4v) is 13.3. The second-order valence-electron chi connectivity index (χ2n) is 27.6. The molecular weight excluding hydrogens is 1250 g/mol. The van der Waals surface area contributed by atoms with E-state index >= 15 is 0 Å². The van der Waals surface area contributed by atoms with E-state index in [1.165, 1.54) is 205 Å². The Hall–Kier alpha value is -1.94. The first-order valence-electron chi connectivity index (χ1n) is 39.7. The van der Waals surface area contributed by atoms with Gasteiger partial charge < -0.3 is 33.8 Å². The summed E-state index contributed by atoms with van der Waals surface area (Å²) in [5.41, 5.74) is 0. The zero-order valence-corrected chi connectivity index (χ0v) is 63.6. The third kappa shape index (κ3) is 69.0. The second-order valence-corrected chi connectivity index (χ2v) is 30.5. The van der Waals surface area contributed by atoms with Crippen LogP contribution >= 0.6 is 15.6 Å². The Balaban J connectivity index is 5.04. The summed E-state index contributed by atoms with van der Waals surface area (Å²) in [4.78, 5) is 72.3. The third-order valence-corrected chi connectivity index (χ3v) is 20.0. The number of aliphatic hydroxyl groups is 1. The average Bonchev–Trinajstić information content (AvgIpc) is 3.04. The van der Waals surface area contributed by atoms with Crippen molar-refractivity contribution in [1.29, 1.82) is 0 Å². The lowest BCUT2D eigenvalue weighted by molar-refractivity contribution is -0.161. The first-order chi connectivity index (χ1) is 46.1. The first kappa shape index (κ1) is 93.1. The Morgan fingerprint density at radius 1 is 0.295 bits per heavy atom. The second kappa shape index (κ2) is 69.2. The molecule has 0 spiro atoms. The lowest BCUT2D eigenvalue weighted by atomic mass is 9.99. The lowest BCUT2D eigenvalue weighted by Crippen LogP contribution is -2.30. The minimum Gasteiger partial charge on any atom is -0.462 e. The highest BCUT2D eigenvalue weighted by Gasteiger charge is 2.30.